The molecule has 4 aromatic carbocycles. The zero-order chi connectivity index (χ0) is 43.1. The molecule has 6 aromatic rings. The number of para-hydroxylation sites is 2. The number of anilines is 2. The number of halogens is 6. The third-order valence-corrected chi connectivity index (χ3v) is 9.94. The maximum Gasteiger partial charge on any atom is 0.430 e. The van der Waals surface area contributed by atoms with Gasteiger partial charge in [0.05, 0.1) is 22.1 Å². The van der Waals surface area contributed by atoms with Crippen molar-refractivity contribution in [3.8, 4) is 11.1 Å². The van der Waals surface area contributed by atoms with Crippen LogP contribution in [0.1, 0.15) is 62.5 Å². The summed E-state index contributed by atoms with van der Waals surface area (Å²) in [5.74, 6) is -6.01. The van der Waals surface area contributed by atoms with Gasteiger partial charge in [0.2, 0.25) is 11.0 Å². The summed E-state index contributed by atoms with van der Waals surface area (Å²) in [5, 5.41) is 27.6. The monoisotopic (exact) mass is 832 g/mol. The molecule has 0 spiro atoms. The summed E-state index contributed by atoms with van der Waals surface area (Å²) in [6.45, 7) is 3.71. The van der Waals surface area contributed by atoms with E-state index in [1.54, 1.807) is 0 Å². The lowest BCUT2D eigenvalue weighted by Crippen LogP contribution is -2.37. The third kappa shape index (κ3) is 13.2. The van der Waals surface area contributed by atoms with Gasteiger partial charge in [0.25, 0.3) is 0 Å². The topological polar surface area (TPSA) is 112 Å². The van der Waals surface area contributed by atoms with Gasteiger partial charge in [-0.1, -0.05) is 99.2 Å². The van der Waals surface area contributed by atoms with E-state index in [0.717, 1.165) is 26.2 Å². The summed E-state index contributed by atoms with van der Waals surface area (Å²) in [5.41, 5.74) is 10.1. The maximum atomic E-state index is 10.5. The first kappa shape index (κ1) is 44.9. The van der Waals surface area contributed by atoms with Crippen molar-refractivity contribution >= 4 is 45.1 Å². The van der Waals surface area contributed by atoms with E-state index < -0.39 is 24.3 Å². The highest BCUT2D eigenvalue weighted by Gasteiger charge is 2.29. The van der Waals surface area contributed by atoms with Gasteiger partial charge in [-0.05, 0) is 48.2 Å². The average molecular weight is 833 g/mol. The minimum Gasteiger partial charge on any atom is -0.542 e. The van der Waals surface area contributed by atoms with Crippen LogP contribution in [0.5, 0.6) is 0 Å². The molecule has 0 aliphatic carbocycles. The Bertz CT molecular complexity index is 2200. The van der Waals surface area contributed by atoms with E-state index in [1.807, 2.05) is 0 Å². The van der Waals surface area contributed by atoms with Gasteiger partial charge in [-0.2, -0.15) is 35.5 Å². The lowest BCUT2D eigenvalue weighted by molar-refractivity contribution is -0.662. The smallest absolute Gasteiger partial charge is 0.430 e. The van der Waals surface area contributed by atoms with Crippen LogP contribution in [0.3, 0.4) is 0 Å². The highest BCUT2D eigenvalue weighted by Crippen LogP contribution is 2.25. The van der Waals surface area contributed by atoms with Gasteiger partial charge >= 0.3 is 12.4 Å². The number of carboxylic acid groups (broad SMARTS) is 2. The Balaban J connectivity index is 0.000000420. The van der Waals surface area contributed by atoms with Crippen LogP contribution in [0, 0.1) is 0 Å². The number of pyridine rings is 2. The molecule has 0 unspecified atom stereocenters. The molecule has 14 heteroatoms. The molecular formula is C46H46F6N4O4. The molecule has 0 saturated heterocycles. The molecular weight excluding hydrogens is 787 g/mol. The maximum absolute atomic E-state index is 10.5. The van der Waals surface area contributed by atoms with Crippen LogP contribution in [0.2, 0.25) is 0 Å². The minimum absolute atomic E-state index is 0.830. The van der Waals surface area contributed by atoms with E-state index in [1.165, 1.54) is 107 Å². The number of aliphatic carboxylic acids is 2. The van der Waals surface area contributed by atoms with Crippen molar-refractivity contribution in [2.24, 2.45) is 0 Å². The number of aromatic nitrogens is 2. The van der Waals surface area contributed by atoms with Gasteiger partial charge in [0.1, 0.15) is 11.9 Å². The van der Waals surface area contributed by atoms with E-state index in [0.29, 0.717) is 0 Å². The normalized spacial score (nSPS) is 14.2. The van der Waals surface area contributed by atoms with Crippen LogP contribution in [0.15, 0.2) is 122 Å². The lowest BCUT2D eigenvalue weighted by Gasteiger charge is -2.11. The Morgan fingerprint density at radius 3 is 1.20 bits per heavy atom. The van der Waals surface area contributed by atoms with Gasteiger partial charge in [-0.3, -0.25) is 0 Å². The molecule has 4 heterocycles. The summed E-state index contributed by atoms with van der Waals surface area (Å²) < 4.78 is 67.9. The van der Waals surface area contributed by atoms with Gasteiger partial charge in [0, 0.05) is 48.5 Å². The molecule has 8 bridgehead atoms. The molecule has 316 valence electrons. The number of hydrogen-bond donors (Lipinski definition) is 2. The summed E-state index contributed by atoms with van der Waals surface area (Å²) in [7, 11) is 0. The number of nitrogens with zero attached hydrogens (tertiary/aromatic N) is 2. The second-order valence-electron chi connectivity index (χ2n) is 14.4. The highest BCUT2D eigenvalue weighted by molar-refractivity contribution is 5.89. The van der Waals surface area contributed by atoms with E-state index in [2.05, 4.69) is 141 Å². The first-order valence-corrected chi connectivity index (χ1v) is 19.8. The quantitative estimate of drug-likeness (QED) is 0.119. The molecule has 60 heavy (non-hydrogen) atoms. The Morgan fingerprint density at radius 2 is 0.833 bits per heavy atom. The highest BCUT2D eigenvalue weighted by atomic mass is 19.4. The third-order valence-electron chi connectivity index (χ3n) is 9.94. The lowest BCUT2D eigenvalue weighted by atomic mass is 10.0. The second kappa shape index (κ2) is 21.2. The van der Waals surface area contributed by atoms with Crippen LogP contribution >= 0.6 is 0 Å². The SMILES string of the molecule is O=C([O-])C(F)(F)F.O=C([O-])C(F)(F)F.c1cc2cc(c1)-c1cccc(c1)C[n+]1ccc(c3ccccc31)NCCCCCCCCCCNc1cc[n+](c3ccccc13)C2. The molecule has 2 aliphatic heterocycles. The standard InChI is InChI=1S/C42H44N4.2C2HF3O2/c1-2-4-6-12-26-44-40-24-28-46(42-22-10-8-20-38(40)42)32-34-16-14-18-36(30-34)35-17-13-15-33(29-35)31-45-27-23-39(43-25-11-5-3-1)37-19-7-9-21-41(37)45;2*3-2(4,5)1(6)7/h7-10,13-24,27-30H,1-6,11-12,25-26,31-32H2;2*(H,6,7). The predicted octanol–water partition coefficient (Wildman–Crippen LogP) is 7.89. The molecule has 2 N–H and O–H groups in total. The van der Waals surface area contributed by atoms with Crippen LogP contribution in [0.25, 0.3) is 32.9 Å². The van der Waals surface area contributed by atoms with Gasteiger partial charge in [-0.25, -0.2) is 0 Å². The van der Waals surface area contributed by atoms with Crippen molar-refractivity contribution in [1.29, 1.82) is 0 Å². The molecule has 0 radical (unpaired) electrons. The largest absolute Gasteiger partial charge is 0.542 e. The van der Waals surface area contributed by atoms with Crippen molar-refractivity contribution in [2.75, 3.05) is 23.7 Å². The summed E-state index contributed by atoms with van der Waals surface area (Å²) in [6.07, 6.45) is 4.45. The first-order valence-electron chi connectivity index (χ1n) is 19.8. The van der Waals surface area contributed by atoms with E-state index in [9.17, 15) is 26.3 Å². The Kier molecular flexibility index (Phi) is 15.9. The number of hydrogen-bond acceptors (Lipinski definition) is 6. The number of alkyl halides is 6. The van der Waals surface area contributed by atoms with Gasteiger partial charge in [0.15, 0.2) is 25.5 Å². The fourth-order valence-electron chi connectivity index (χ4n) is 7.01. The van der Waals surface area contributed by atoms with Crippen molar-refractivity contribution in [2.45, 2.75) is 76.8 Å². The van der Waals surface area contributed by atoms with Crippen LogP contribution in [0.4, 0.5) is 37.7 Å². The number of fused-ring (bicyclic) bond motifs is 13. The van der Waals surface area contributed by atoms with E-state index >= 15 is 0 Å². The number of nitrogens with one attached hydrogen (secondary N) is 2. The van der Waals surface area contributed by atoms with Crippen molar-refractivity contribution in [3.05, 3.63) is 133 Å². The van der Waals surface area contributed by atoms with Gasteiger partial charge in [-0.15, -0.1) is 0 Å². The van der Waals surface area contributed by atoms with E-state index in [4.69, 9.17) is 19.8 Å². The number of rotatable bonds is 0. The van der Waals surface area contributed by atoms with Gasteiger partial charge < -0.3 is 30.4 Å². The van der Waals surface area contributed by atoms with Crippen molar-refractivity contribution < 1.29 is 55.3 Å². The molecule has 0 fully saturated rings. The van der Waals surface area contributed by atoms with Crippen LogP contribution in [-0.4, -0.2) is 37.4 Å². The predicted molar refractivity (Wildman–Crippen MR) is 214 cm³/mol. The average Bonchev–Trinajstić information content (AvgIpc) is 3.22. The zero-order valence-electron chi connectivity index (χ0n) is 32.8. The fraction of sp³-hybridized carbons (Fsp3) is 0.304. The Morgan fingerprint density at radius 1 is 0.483 bits per heavy atom. The van der Waals surface area contributed by atoms with E-state index in [-0.39, 0.29) is 0 Å². The molecule has 8 rings (SSSR count). The minimum atomic E-state index is -5.19. The zero-order valence-corrected chi connectivity index (χ0v) is 32.8. The van der Waals surface area contributed by atoms with Crippen LogP contribution in [-0.2, 0) is 22.7 Å². The second-order valence-corrected chi connectivity index (χ2v) is 14.4. The Labute approximate surface area is 344 Å². The first-order chi connectivity index (χ1) is 28.7. The molecule has 2 aromatic heterocycles. The molecule has 8 nitrogen and oxygen atoms in total. The summed E-state index contributed by atoms with van der Waals surface area (Å²) in [6, 6.07) is 40.2. The number of carboxylic acids is 2. The Hall–Kier alpha value is -6.18. The summed E-state index contributed by atoms with van der Waals surface area (Å²) in [4.78, 5) is 17.6. The number of benzene rings is 4. The van der Waals surface area contributed by atoms with Crippen molar-refractivity contribution in [3.63, 3.8) is 0 Å². The fourth-order valence-corrected chi connectivity index (χ4v) is 7.01. The molecule has 0 atom stereocenters. The molecule has 0 amide bonds. The molecule has 2 aliphatic rings. The van der Waals surface area contributed by atoms with Crippen LogP contribution < -0.4 is 30.0 Å². The molecule has 0 saturated carbocycles. The number of carbonyl (C=O) groups excluding carboxylic acids is 2. The summed E-state index contributed by atoms with van der Waals surface area (Å²) >= 11 is 0. The van der Waals surface area contributed by atoms with Crippen molar-refractivity contribution in [1.82, 2.24) is 0 Å². The number of carbonyl (C=O) groups is 2.